The average Bonchev–Trinajstić information content (AvgIpc) is 2.77. The number of nitrogens with zero attached hydrogens (tertiary/aromatic N) is 3. The lowest BCUT2D eigenvalue weighted by molar-refractivity contribution is 0.453. The molecule has 0 fully saturated rings. The van der Waals surface area contributed by atoms with Crippen LogP contribution in [0, 0.1) is 11.7 Å². The van der Waals surface area contributed by atoms with Gasteiger partial charge in [0.25, 0.3) is 0 Å². The van der Waals surface area contributed by atoms with Gasteiger partial charge < -0.3 is 14.1 Å². The molecule has 0 saturated heterocycles. The second-order valence-electron chi connectivity index (χ2n) is 3.71. The summed E-state index contributed by atoms with van der Waals surface area (Å²) in [6.07, 6.45) is 7.51. The molecule has 2 rings (SSSR count). The number of H-pyrrole nitrogens is 1. The van der Waals surface area contributed by atoms with Crippen molar-refractivity contribution in [1.82, 2.24) is 19.1 Å². The molecule has 80 valence electrons. The van der Waals surface area contributed by atoms with E-state index >= 15 is 0 Å². The zero-order valence-corrected chi connectivity index (χ0v) is 9.66. The maximum absolute atomic E-state index is 5.23. The van der Waals surface area contributed by atoms with Crippen LogP contribution in [0.2, 0.25) is 0 Å². The van der Waals surface area contributed by atoms with E-state index < -0.39 is 0 Å². The van der Waals surface area contributed by atoms with E-state index in [1.165, 1.54) is 0 Å². The summed E-state index contributed by atoms with van der Waals surface area (Å²) in [7, 11) is 0. The van der Waals surface area contributed by atoms with Crippen molar-refractivity contribution in [3.8, 4) is 0 Å². The highest BCUT2D eigenvalue weighted by atomic mass is 32.1. The van der Waals surface area contributed by atoms with E-state index in [0.717, 1.165) is 17.0 Å². The minimum Gasteiger partial charge on any atom is -0.337 e. The first kappa shape index (κ1) is 10.2. The van der Waals surface area contributed by atoms with Gasteiger partial charge in [0.05, 0.1) is 12.4 Å². The van der Waals surface area contributed by atoms with Gasteiger partial charge >= 0.3 is 0 Å². The summed E-state index contributed by atoms with van der Waals surface area (Å²) in [4.78, 5) is 7.07. The van der Waals surface area contributed by atoms with Gasteiger partial charge in [-0.1, -0.05) is 0 Å². The lowest BCUT2D eigenvalue weighted by Crippen LogP contribution is -2.13. The van der Waals surface area contributed by atoms with Crippen LogP contribution in [0.3, 0.4) is 0 Å². The molecule has 0 radical (unpaired) electrons. The van der Waals surface area contributed by atoms with Crippen LogP contribution >= 0.6 is 12.2 Å². The molecular formula is C10H14N4S. The van der Waals surface area contributed by atoms with Crippen molar-refractivity contribution in [1.29, 1.82) is 0 Å². The monoisotopic (exact) mass is 222 g/mol. The molecule has 4 nitrogen and oxygen atoms in total. The molecule has 0 aromatic carbocycles. The smallest absolute Gasteiger partial charge is 0.177 e. The largest absolute Gasteiger partial charge is 0.337 e. The fraction of sp³-hybridized carbons (Fsp3) is 0.400. The number of aromatic amines is 1. The Labute approximate surface area is 93.6 Å². The molecular weight excluding hydrogens is 208 g/mol. The van der Waals surface area contributed by atoms with Crippen LogP contribution in [0.1, 0.15) is 18.7 Å². The van der Waals surface area contributed by atoms with Gasteiger partial charge in [0.15, 0.2) is 4.77 Å². The van der Waals surface area contributed by atoms with Gasteiger partial charge in [-0.05, 0) is 26.1 Å². The second kappa shape index (κ2) is 4.02. The average molecular weight is 222 g/mol. The standard InChI is InChI=1S/C10H14N4S/c1-8-5-12-10(15)14(8)9(2)6-13-4-3-11-7-13/h3-5,7,9H,6H2,1-2H3,(H,12,15). The van der Waals surface area contributed by atoms with Crippen LogP contribution in [0.15, 0.2) is 24.9 Å². The lowest BCUT2D eigenvalue weighted by Gasteiger charge is -2.15. The molecule has 0 aliphatic rings. The minimum atomic E-state index is 0.331. The summed E-state index contributed by atoms with van der Waals surface area (Å²) < 4.78 is 4.95. The molecule has 0 spiro atoms. The summed E-state index contributed by atoms with van der Waals surface area (Å²) in [6, 6.07) is 0.331. The molecule has 0 aliphatic carbocycles. The highest BCUT2D eigenvalue weighted by Gasteiger charge is 2.08. The van der Waals surface area contributed by atoms with E-state index in [2.05, 4.69) is 32.9 Å². The summed E-state index contributed by atoms with van der Waals surface area (Å²) in [6.45, 7) is 5.08. The zero-order valence-electron chi connectivity index (χ0n) is 8.84. The number of aryl methyl sites for hydroxylation is 1. The molecule has 2 aromatic rings. The van der Waals surface area contributed by atoms with E-state index in [1.807, 2.05) is 18.7 Å². The van der Waals surface area contributed by atoms with Gasteiger partial charge in [0.1, 0.15) is 0 Å². The molecule has 1 atom stereocenters. The first-order valence-corrected chi connectivity index (χ1v) is 5.31. The van der Waals surface area contributed by atoms with Crippen LogP contribution in [0.4, 0.5) is 0 Å². The second-order valence-corrected chi connectivity index (χ2v) is 4.10. The normalized spacial score (nSPS) is 12.9. The number of hydrogen-bond donors (Lipinski definition) is 1. The fourth-order valence-corrected chi connectivity index (χ4v) is 2.18. The van der Waals surface area contributed by atoms with Crippen molar-refractivity contribution < 1.29 is 0 Å². The maximum Gasteiger partial charge on any atom is 0.177 e. The maximum atomic E-state index is 5.23. The number of rotatable bonds is 3. The summed E-state index contributed by atoms with van der Waals surface area (Å²) in [5.41, 5.74) is 1.16. The topological polar surface area (TPSA) is 38.5 Å². The number of imidazole rings is 2. The van der Waals surface area contributed by atoms with Crippen LogP contribution in [0.5, 0.6) is 0 Å². The number of nitrogens with one attached hydrogen (secondary N) is 1. The highest BCUT2D eigenvalue weighted by molar-refractivity contribution is 7.71. The Morgan fingerprint density at radius 2 is 2.40 bits per heavy atom. The van der Waals surface area contributed by atoms with E-state index in [4.69, 9.17) is 12.2 Å². The van der Waals surface area contributed by atoms with Gasteiger partial charge in [-0.3, -0.25) is 0 Å². The van der Waals surface area contributed by atoms with Crippen LogP contribution in [0.25, 0.3) is 0 Å². The quantitative estimate of drug-likeness (QED) is 0.809. The first-order chi connectivity index (χ1) is 7.18. The third-order valence-electron chi connectivity index (χ3n) is 2.48. The van der Waals surface area contributed by atoms with E-state index in [1.54, 1.807) is 6.20 Å². The molecule has 2 aromatic heterocycles. The Bertz CT molecular complexity index is 480. The van der Waals surface area contributed by atoms with Crippen molar-refractivity contribution in [3.63, 3.8) is 0 Å². The molecule has 1 unspecified atom stereocenters. The minimum absolute atomic E-state index is 0.331. The Kier molecular flexibility index (Phi) is 2.73. The van der Waals surface area contributed by atoms with E-state index in [0.29, 0.717) is 6.04 Å². The van der Waals surface area contributed by atoms with Crippen molar-refractivity contribution in [2.75, 3.05) is 0 Å². The summed E-state index contributed by atoms with van der Waals surface area (Å²) >= 11 is 5.23. The third-order valence-corrected chi connectivity index (χ3v) is 2.79. The summed E-state index contributed by atoms with van der Waals surface area (Å²) in [5, 5.41) is 0. The van der Waals surface area contributed by atoms with Crippen LogP contribution in [-0.2, 0) is 6.54 Å². The van der Waals surface area contributed by atoms with Gasteiger partial charge in [0, 0.05) is 30.8 Å². The Morgan fingerprint density at radius 3 is 2.93 bits per heavy atom. The predicted octanol–water partition coefficient (Wildman–Crippen LogP) is 2.31. The third kappa shape index (κ3) is 2.02. The fourth-order valence-electron chi connectivity index (χ4n) is 1.79. The van der Waals surface area contributed by atoms with Crippen LogP contribution in [-0.4, -0.2) is 19.1 Å². The van der Waals surface area contributed by atoms with Crippen LogP contribution < -0.4 is 0 Å². The molecule has 1 N–H and O–H groups in total. The molecule has 2 heterocycles. The molecule has 0 saturated carbocycles. The van der Waals surface area contributed by atoms with Gasteiger partial charge in [-0.15, -0.1) is 0 Å². The number of aromatic nitrogens is 4. The Balaban J connectivity index is 2.22. The lowest BCUT2D eigenvalue weighted by atomic mass is 10.3. The van der Waals surface area contributed by atoms with Gasteiger partial charge in [0.2, 0.25) is 0 Å². The first-order valence-electron chi connectivity index (χ1n) is 4.90. The molecule has 5 heteroatoms. The summed E-state index contributed by atoms with van der Waals surface area (Å²) in [5.74, 6) is 0. The predicted molar refractivity (Wildman–Crippen MR) is 61.3 cm³/mol. The van der Waals surface area contributed by atoms with Crippen molar-refractivity contribution in [2.45, 2.75) is 26.4 Å². The molecule has 0 aliphatic heterocycles. The Morgan fingerprint density at radius 1 is 1.60 bits per heavy atom. The van der Waals surface area contributed by atoms with Crippen molar-refractivity contribution in [3.05, 3.63) is 35.4 Å². The number of hydrogen-bond acceptors (Lipinski definition) is 2. The zero-order chi connectivity index (χ0) is 10.8. The van der Waals surface area contributed by atoms with E-state index in [9.17, 15) is 0 Å². The molecule has 15 heavy (non-hydrogen) atoms. The van der Waals surface area contributed by atoms with Crippen molar-refractivity contribution in [2.24, 2.45) is 0 Å². The van der Waals surface area contributed by atoms with Gasteiger partial charge in [-0.25, -0.2) is 4.98 Å². The van der Waals surface area contributed by atoms with Gasteiger partial charge in [-0.2, -0.15) is 0 Å². The highest BCUT2D eigenvalue weighted by Crippen LogP contribution is 2.12. The Hall–Kier alpha value is -1.36. The van der Waals surface area contributed by atoms with Crippen molar-refractivity contribution >= 4 is 12.2 Å². The molecule has 0 bridgehead atoms. The van der Waals surface area contributed by atoms with E-state index in [-0.39, 0.29) is 0 Å². The SMILES string of the molecule is Cc1c[nH]c(=S)n1C(C)Cn1ccnc1. The molecule has 0 amide bonds.